The Morgan fingerprint density at radius 3 is 2.72 bits per heavy atom. The second-order valence-electron chi connectivity index (χ2n) is 6.82. The van der Waals surface area contributed by atoms with E-state index in [0.717, 1.165) is 23.9 Å². The Morgan fingerprint density at radius 2 is 2.00 bits per heavy atom. The number of rotatable bonds is 3. The van der Waals surface area contributed by atoms with E-state index >= 15 is 0 Å². The standard InChI is InChI=1S/C19H21ClN4.Sn/c1-14(15-5-4-6-16(20)11-15)18-12-21-13-22-19(18)24-9-7-17(8-10-24)23(2)3;/h1,4-6,11,13,17H,7-10H2,2-3H3;. The first kappa shape index (κ1) is 17.3. The van der Waals surface area contributed by atoms with Crippen molar-refractivity contribution < 1.29 is 0 Å². The number of hydrogen-bond donors (Lipinski definition) is 0. The summed E-state index contributed by atoms with van der Waals surface area (Å²) < 4.78 is 3.71. The van der Waals surface area contributed by atoms with Crippen molar-refractivity contribution >= 4 is 47.8 Å². The van der Waals surface area contributed by atoms with Crippen molar-refractivity contribution in [2.45, 2.75) is 18.9 Å². The first-order valence-corrected chi connectivity index (χ1v) is 12.1. The molecule has 1 aromatic heterocycles. The minimum absolute atomic E-state index is 0.672. The summed E-state index contributed by atoms with van der Waals surface area (Å²) in [5.74, 6) is 1.12. The zero-order valence-corrected chi connectivity index (χ0v) is 18.1. The van der Waals surface area contributed by atoms with E-state index in [9.17, 15) is 0 Å². The average Bonchev–Trinajstić information content (AvgIpc) is 3.06. The van der Waals surface area contributed by atoms with Crippen LogP contribution in [-0.4, -0.2) is 69.2 Å². The quantitative estimate of drug-likeness (QED) is 0.660. The Morgan fingerprint density at radius 1 is 1.20 bits per heavy atom. The van der Waals surface area contributed by atoms with Gasteiger partial charge >= 0.3 is 165 Å². The molecular weight excluding hydrogens is 438 g/mol. The topological polar surface area (TPSA) is 32.3 Å². The van der Waals surface area contributed by atoms with Gasteiger partial charge in [0, 0.05) is 0 Å². The summed E-state index contributed by atoms with van der Waals surface area (Å²) in [6.07, 6.45) is 4.12. The zero-order chi connectivity index (χ0) is 17.4. The Balaban J connectivity index is 1.67. The van der Waals surface area contributed by atoms with Gasteiger partial charge in [0.1, 0.15) is 0 Å². The molecule has 0 amide bonds. The van der Waals surface area contributed by atoms with Crippen LogP contribution in [0.2, 0.25) is 5.02 Å². The van der Waals surface area contributed by atoms with Crippen LogP contribution in [0.1, 0.15) is 24.0 Å². The van der Waals surface area contributed by atoms with Gasteiger partial charge in [-0.2, -0.15) is 0 Å². The summed E-state index contributed by atoms with van der Waals surface area (Å²) in [6.45, 7) is 2.11. The van der Waals surface area contributed by atoms with Crippen molar-refractivity contribution in [1.82, 2.24) is 14.9 Å². The molecule has 0 unspecified atom stereocenters. The molecule has 3 heterocycles. The van der Waals surface area contributed by atoms with Gasteiger partial charge in [0.05, 0.1) is 0 Å². The van der Waals surface area contributed by atoms with Crippen molar-refractivity contribution in [3.8, 4) is 0 Å². The van der Waals surface area contributed by atoms with Gasteiger partial charge in [0.15, 0.2) is 0 Å². The van der Waals surface area contributed by atoms with Gasteiger partial charge in [-0.1, -0.05) is 0 Å². The molecule has 0 saturated carbocycles. The molecule has 4 rings (SSSR count). The van der Waals surface area contributed by atoms with Crippen molar-refractivity contribution in [2.75, 3.05) is 32.1 Å². The number of anilines is 1. The molecule has 2 aliphatic rings. The van der Waals surface area contributed by atoms with Gasteiger partial charge in [-0.3, -0.25) is 0 Å². The first-order valence-electron chi connectivity index (χ1n) is 8.63. The molecule has 2 aliphatic heterocycles. The van der Waals surface area contributed by atoms with Crippen molar-refractivity contribution in [3.05, 3.63) is 50.8 Å². The summed E-state index contributed by atoms with van der Waals surface area (Å²) in [5, 5.41) is 0.780. The molecule has 25 heavy (non-hydrogen) atoms. The predicted octanol–water partition coefficient (Wildman–Crippen LogP) is 2.39. The molecule has 1 aromatic carbocycles. The van der Waals surface area contributed by atoms with E-state index in [1.54, 1.807) is 6.33 Å². The minimum atomic E-state index is -0.785. The van der Waals surface area contributed by atoms with Crippen LogP contribution in [0.25, 0.3) is 5.57 Å². The van der Waals surface area contributed by atoms with Crippen LogP contribution in [-0.2, 0) is 0 Å². The molecule has 2 radical (unpaired) electrons. The molecule has 2 aromatic rings. The monoisotopic (exact) mass is 460 g/mol. The summed E-state index contributed by atoms with van der Waals surface area (Å²) in [4.78, 5) is 14.1. The number of hydrogen-bond acceptors (Lipinski definition) is 4. The Bertz CT molecular complexity index is 813. The molecule has 0 atom stereocenters. The maximum absolute atomic E-state index is 6.22. The fourth-order valence-electron chi connectivity index (χ4n) is 3.66. The number of nitrogens with zero attached hydrogens (tertiary/aromatic N) is 4. The first-order chi connectivity index (χ1) is 12.1. The molecular formula is C19H21ClN4Sn. The van der Waals surface area contributed by atoms with Crippen LogP contribution in [0.4, 0.5) is 5.82 Å². The number of halogens is 1. The third-order valence-corrected chi connectivity index (χ3v) is 8.41. The molecule has 0 spiro atoms. The normalized spacial score (nSPS) is 17.8. The fourth-order valence-corrected chi connectivity index (χ4v) is 7.04. The van der Waals surface area contributed by atoms with E-state index < -0.39 is 21.1 Å². The molecule has 0 N–H and O–H groups in total. The van der Waals surface area contributed by atoms with E-state index in [0.29, 0.717) is 6.04 Å². The van der Waals surface area contributed by atoms with Crippen LogP contribution < -0.4 is 8.61 Å². The van der Waals surface area contributed by atoms with Crippen LogP contribution in [0.3, 0.4) is 0 Å². The summed E-state index contributed by atoms with van der Waals surface area (Å²) in [6, 6.07) is 8.81. The second kappa shape index (κ2) is 7.25. The van der Waals surface area contributed by atoms with E-state index in [4.69, 9.17) is 16.6 Å². The fraction of sp³-hybridized carbons (Fsp3) is 0.368. The van der Waals surface area contributed by atoms with Crippen molar-refractivity contribution in [2.24, 2.45) is 0 Å². The predicted molar refractivity (Wildman–Crippen MR) is 105 cm³/mol. The van der Waals surface area contributed by atoms with E-state index in [1.165, 1.54) is 33.3 Å². The van der Waals surface area contributed by atoms with Gasteiger partial charge in [0.25, 0.3) is 0 Å². The second-order valence-corrected chi connectivity index (χ2v) is 10.3. The van der Waals surface area contributed by atoms with Gasteiger partial charge < -0.3 is 0 Å². The van der Waals surface area contributed by atoms with Crippen LogP contribution >= 0.6 is 11.6 Å². The van der Waals surface area contributed by atoms with Gasteiger partial charge in [-0.15, -0.1) is 0 Å². The number of piperidine rings is 1. The molecule has 4 nitrogen and oxygen atoms in total. The molecule has 6 heteroatoms. The summed E-state index contributed by atoms with van der Waals surface area (Å²) in [5.41, 5.74) is 3.74. The average molecular weight is 460 g/mol. The number of fused-ring (bicyclic) bond motifs is 1. The van der Waals surface area contributed by atoms with E-state index in [-0.39, 0.29) is 0 Å². The van der Waals surface area contributed by atoms with Crippen LogP contribution in [0.5, 0.6) is 0 Å². The van der Waals surface area contributed by atoms with Crippen molar-refractivity contribution in [1.29, 1.82) is 0 Å². The van der Waals surface area contributed by atoms with E-state index in [1.807, 2.05) is 12.1 Å². The van der Waals surface area contributed by atoms with Gasteiger partial charge in [0.2, 0.25) is 0 Å². The third-order valence-electron chi connectivity index (χ3n) is 5.08. The molecule has 1 saturated heterocycles. The molecule has 1 fully saturated rings. The Hall–Kier alpha value is -1.11. The Kier molecular flexibility index (Phi) is 5.02. The van der Waals surface area contributed by atoms with Crippen LogP contribution in [0.15, 0.2) is 34.7 Å². The van der Waals surface area contributed by atoms with E-state index in [2.05, 4.69) is 45.1 Å². The van der Waals surface area contributed by atoms with Crippen molar-refractivity contribution in [3.63, 3.8) is 0 Å². The maximum atomic E-state index is 6.22. The zero-order valence-electron chi connectivity index (χ0n) is 14.5. The number of aromatic nitrogens is 2. The summed E-state index contributed by atoms with van der Waals surface area (Å²) >= 11 is 5.44. The van der Waals surface area contributed by atoms with Gasteiger partial charge in [-0.25, -0.2) is 0 Å². The van der Waals surface area contributed by atoms with Crippen LogP contribution in [0, 0.1) is 0 Å². The number of benzene rings is 1. The summed E-state index contributed by atoms with van der Waals surface area (Å²) in [7, 11) is 4.35. The molecule has 0 aliphatic carbocycles. The van der Waals surface area contributed by atoms with Gasteiger partial charge in [-0.05, 0) is 0 Å². The SMILES string of the molecule is CN(C)C1CCN(c2ncn[c]3c2C(c2cccc(Cl)c2)=[CH][Sn]3)CC1. The Labute approximate surface area is 164 Å². The molecule has 0 bridgehead atoms. The molecule has 128 valence electrons. The third kappa shape index (κ3) is 3.44.